The van der Waals surface area contributed by atoms with E-state index in [2.05, 4.69) is 5.32 Å². The number of nitrogens with zero attached hydrogens (tertiary/aromatic N) is 1. The molecule has 3 unspecified atom stereocenters. The number of carbonyl (C=O) groups is 2. The number of hydrogen-bond acceptors (Lipinski definition) is 4. The molecule has 1 aliphatic heterocycles. The Bertz CT molecular complexity index is 789. The van der Waals surface area contributed by atoms with Crippen LogP contribution in [0.15, 0.2) is 47.1 Å². The molecule has 2 heterocycles. The Labute approximate surface area is 157 Å². The lowest BCUT2D eigenvalue weighted by molar-refractivity contribution is -0.143. The van der Waals surface area contributed by atoms with E-state index >= 15 is 0 Å². The molecule has 7 heteroatoms. The fourth-order valence-corrected chi connectivity index (χ4v) is 3.57. The summed E-state index contributed by atoms with van der Waals surface area (Å²) in [6, 6.07) is 10.1. The van der Waals surface area contributed by atoms with Crippen molar-refractivity contribution >= 4 is 12.0 Å². The van der Waals surface area contributed by atoms with Gasteiger partial charge in [0.2, 0.25) is 0 Å². The van der Waals surface area contributed by atoms with Crippen molar-refractivity contribution in [2.45, 2.75) is 19.4 Å². The maximum atomic E-state index is 12.9. The van der Waals surface area contributed by atoms with Gasteiger partial charge in [-0.3, -0.25) is 4.79 Å². The highest BCUT2D eigenvalue weighted by Gasteiger charge is 2.33. The molecule has 1 aromatic heterocycles. The summed E-state index contributed by atoms with van der Waals surface area (Å²) in [5.74, 6) is -0.0827. The number of benzene rings is 1. The van der Waals surface area contributed by atoms with Crippen molar-refractivity contribution in [2.24, 2.45) is 11.8 Å². The minimum Gasteiger partial charge on any atom is -0.496 e. The van der Waals surface area contributed by atoms with Gasteiger partial charge in [0.25, 0.3) is 0 Å². The average Bonchev–Trinajstić information content (AvgIpc) is 3.19. The lowest BCUT2D eigenvalue weighted by Crippen LogP contribution is -2.50. The topological polar surface area (TPSA) is 92.0 Å². The number of hydrogen-bond donors (Lipinski definition) is 2. The quantitative estimate of drug-likeness (QED) is 0.841. The molecule has 3 rings (SSSR count). The second kappa shape index (κ2) is 8.16. The van der Waals surface area contributed by atoms with E-state index in [1.54, 1.807) is 30.4 Å². The van der Waals surface area contributed by atoms with Gasteiger partial charge in [-0.15, -0.1) is 0 Å². The van der Waals surface area contributed by atoms with Crippen molar-refractivity contribution < 1.29 is 23.8 Å². The molecule has 1 fully saturated rings. The number of ether oxygens (including phenoxy) is 1. The zero-order chi connectivity index (χ0) is 19.4. The van der Waals surface area contributed by atoms with E-state index in [4.69, 9.17) is 9.15 Å². The van der Waals surface area contributed by atoms with E-state index in [1.807, 2.05) is 31.2 Å². The molecule has 1 aromatic carbocycles. The number of nitrogens with one attached hydrogen (secondary N) is 1. The standard InChI is InChI=1S/C20H24N2O5/c1-13-10-14(19(23)24)12-22(11-13)20(25)21-18(17-8-5-9-27-17)15-6-3-4-7-16(15)26-2/h3-9,13-14,18H,10-12H2,1-2H3,(H,21,25)(H,23,24). The van der Waals surface area contributed by atoms with Gasteiger partial charge >= 0.3 is 12.0 Å². The summed E-state index contributed by atoms with van der Waals surface area (Å²) in [5, 5.41) is 12.3. The first-order valence-electron chi connectivity index (χ1n) is 8.94. The lowest BCUT2D eigenvalue weighted by Gasteiger charge is -2.35. The van der Waals surface area contributed by atoms with Crippen LogP contribution in [0, 0.1) is 11.8 Å². The Kier molecular flexibility index (Phi) is 5.69. The van der Waals surface area contributed by atoms with E-state index in [1.165, 1.54) is 0 Å². The molecule has 3 atom stereocenters. The van der Waals surface area contributed by atoms with E-state index < -0.39 is 17.9 Å². The van der Waals surface area contributed by atoms with Crippen LogP contribution >= 0.6 is 0 Å². The Balaban J connectivity index is 1.84. The van der Waals surface area contributed by atoms with Crippen LogP contribution in [0.2, 0.25) is 0 Å². The minimum atomic E-state index is -0.869. The highest BCUT2D eigenvalue weighted by Crippen LogP contribution is 2.31. The monoisotopic (exact) mass is 372 g/mol. The van der Waals surface area contributed by atoms with Gasteiger partial charge in [-0.2, -0.15) is 0 Å². The number of likely N-dealkylation sites (tertiary alicyclic amines) is 1. The molecule has 0 saturated carbocycles. The first-order valence-corrected chi connectivity index (χ1v) is 8.94. The van der Waals surface area contributed by atoms with Crippen LogP contribution in [-0.2, 0) is 4.79 Å². The first kappa shape index (κ1) is 18.8. The van der Waals surface area contributed by atoms with Crippen LogP contribution in [0.5, 0.6) is 5.75 Å². The van der Waals surface area contributed by atoms with Crippen LogP contribution in [-0.4, -0.2) is 42.2 Å². The van der Waals surface area contributed by atoms with Crippen LogP contribution in [0.3, 0.4) is 0 Å². The second-order valence-corrected chi connectivity index (χ2v) is 6.92. The number of piperidine rings is 1. The number of para-hydroxylation sites is 1. The molecule has 0 radical (unpaired) electrons. The smallest absolute Gasteiger partial charge is 0.318 e. The van der Waals surface area contributed by atoms with Gasteiger partial charge < -0.3 is 24.5 Å². The van der Waals surface area contributed by atoms with Crippen LogP contribution < -0.4 is 10.1 Å². The normalized spacial score (nSPS) is 20.7. The molecule has 2 amide bonds. The number of furan rings is 1. The van der Waals surface area contributed by atoms with Crippen LogP contribution in [0.25, 0.3) is 0 Å². The predicted molar refractivity (Wildman–Crippen MR) is 98.6 cm³/mol. The highest BCUT2D eigenvalue weighted by atomic mass is 16.5. The van der Waals surface area contributed by atoms with Gasteiger partial charge in [0.1, 0.15) is 17.6 Å². The largest absolute Gasteiger partial charge is 0.496 e. The summed E-state index contributed by atoms with van der Waals surface area (Å²) in [6.07, 6.45) is 2.13. The summed E-state index contributed by atoms with van der Waals surface area (Å²) in [7, 11) is 1.57. The maximum Gasteiger partial charge on any atom is 0.318 e. The number of carbonyl (C=O) groups excluding carboxylic acids is 1. The van der Waals surface area contributed by atoms with E-state index in [0.29, 0.717) is 24.5 Å². The Hall–Kier alpha value is -2.96. The van der Waals surface area contributed by atoms with Crippen molar-refractivity contribution in [1.82, 2.24) is 10.2 Å². The number of methoxy groups -OCH3 is 1. The molecule has 1 aliphatic rings. The molecule has 2 N–H and O–H groups in total. The third-order valence-corrected chi connectivity index (χ3v) is 4.84. The molecular weight excluding hydrogens is 348 g/mol. The fraction of sp³-hybridized carbons (Fsp3) is 0.400. The number of aliphatic carboxylic acids is 1. The zero-order valence-corrected chi connectivity index (χ0v) is 15.4. The molecule has 2 aromatic rings. The predicted octanol–water partition coefficient (Wildman–Crippen LogP) is 3.13. The molecular formula is C20H24N2O5. The molecule has 27 heavy (non-hydrogen) atoms. The third kappa shape index (κ3) is 4.24. The minimum absolute atomic E-state index is 0.124. The van der Waals surface area contributed by atoms with Crippen molar-refractivity contribution in [3.05, 3.63) is 54.0 Å². The summed E-state index contributed by atoms with van der Waals surface area (Å²) < 4.78 is 11.0. The second-order valence-electron chi connectivity index (χ2n) is 6.92. The number of amides is 2. The van der Waals surface area contributed by atoms with Crippen molar-refractivity contribution in [3.8, 4) is 5.75 Å². The van der Waals surface area contributed by atoms with Gasteiger partial charge in [0, 0.05) is 18.7 Å². The van der Waals surface area contributed by atoms with Crippen molar-refractivity contribution in [2.75, 3.05) is 20.2 Å². The maximum absolute atomic E-state index is 12.9. The number of carboxylic acids is 1. The molecule has 1 saturated heterocycles. The Morgan fingerprint density at radius 2 is 2.04 bits per heavy atom. The number of urea groups is 1. The molecule has 0 aliphatic carbocycles. The number of rotatable bonds is 5. The number of carboxylic acid groups (broad SMARTS) is 1. The van der Waals surface area contributed by atoms with Gasteiger partial charge in [0.15, 0.2) is 0 Å². The molecule has 0 spiro atoms. The van der Waals surface area contributed by atoms with Crippen LogP contribution in [0.1, 0.15) is 30.7 Å². The first-order chi connectivity index (χ1) is 13.0. The zero-order valence-electron chi connectivity index (χ0n) is 15.4. The molecule has 7 nitrogen and oxygen atoms in total. The van der Waals surface area contributed by atoms with Gasteiger partial charge in [-0.1, -0.05) is 25.1 Å². The van der Waals surface area contributed by atoms with E-state index in [0.717, 1.165) is 5.56 Å². The Morgan fingerprint density at radius 3 is 2.70 bits per heavy atom. The molecule has 144 valence electrons. The van der Waals surface area contributed by atoms with Gasteiger partial charge in [-0.25, -0.2) is 4.79 Å². The molecule has 0 bridgehead atoms. The summed E-state index contributed by atoms with van der Waals surface area (Å²) in [6.45, 7) is 2.67. The highest BCUT2D eigenvalue weighted by molar-refractivity contribution is 5.77. The lowest BCUT2D eigenvalue weighted by atomic mass is 9.91. The summed E-state index contributed by atoms with van der Waals surface area (Å²) in [4.78, 5) is 25.9. The summed E-state index contributed by atoms with van der Waals surface area (Å²) >= 11 is 0. The fourth-order valence-electron chi connectivity index (χ4n) is 3.57. The van der Waals surface area contributed by atoms with Gasteiger partial charge in [-0.05, 0) is 30.5 Å². The van der Waals surface area contributed by atoms with Gasteiger partial charge in [0.05, 0.1) is 19.3 Å². The van der Waals surface area contributed by atoms with Crippen molar-refractivity contribution in [3.63, 3.8) is 0 Å². The summed E-state index contributed by atoms with van der Waals surface area (Å²) in [5.41, 5.74) is 0.767. The van der Waals surface area contributed by atoms with Crippen LogP contribution in [0.4, 0.5) is 4.79 Å². The van der Waals surface area contributed by atoms with E-state index in [-0.39, 0.29) is 18.5 Å². The SMILES string of the molecule is COc1ccccc1C(NC(=O)N1CC(C)CC(C(=O)O)C1)c1ccco1. The Morgan fingerprint density at radius 1 is 1.26 bits per heavy atom. The third-order valence-electron chi connectivity index (χ3n) is 4.84. The van der Waals surface area contributed by atoms with Crippen molar-refractivity contribution in [1.29, 1.82) is 0 Å². The average molecular weight is 372 g/mol. The van der Waals surface area contributed by atoms with E-state index in [9.17, 15) is 14.7 Å².